The Labute approximate surface area is 269 Å². The van der Waals surface area contributed by atoms with Crippen LogP contribution in [0.3, 0.4) is 0 Å². The van der Waals surface area contributed by atoms with E-state index < -0.39 is 17.6 Å². The third-order valence-electron chi connectivity index (χ3n) is 8.98. The highest BCUT2D eigenvalue weighted by Crippen LogP contribution is 2.44. The van der Waals surface area contributed by atoms with Gasteiger partial charge in [-0.1, -0.05) is 36.4 Å². The third kappa shape index (κ3) is 6.86. The number of benzene rings is 2. The first-order valence-electron chi connectivity index (χ1n) is 15.0. The van der Waals surface area contributed by atoms with Crippen LogP contribution >= 0.6 is 0 Å². The van der Waals surface area contributed by atoms with Crippen molar-refractivity contribution in [1.29, 1.82) is 5.26 Å². The number of carbonyl (C=O) groups is 3. The number of aryl methyl sites for hydroxylation is 1. The lowest BCUT2D eigenvalue weighted by Gasteiger charge is -2.37. The van der Waals surface area contributed by atoms with Crippen molar-refractivity contribution in [2.75, 3.05) is 33.3 Å². The van der Waals surface area contributed by atoms with Crippen molar-refractivity contribution in [2.45, 2.75) is 49.8 Å². The number of likely N-dealkylation sites (tertiary alicyclic amines) is 2. The molecule has 1 aromatic heterocycles. The average molecular weight is 651 g/mol. The minimum Gasteiger partial charge on any atom is -0.497 e. The van der Waals surface area contributed by atoms with Crippen molar-refractivity contribution >= 4 is 17.8 Å². The lowest BCUT2D eigenvalue weighted by Crippen LogP contribution is -2.46. The van der Waals surface area contributed by atoms with E-state index >= 15 is 0 Å². The minimum absolute atomic E-state index is 0.110. The number of rotatable bonds is 4. The normalized spacial score (nSPS) is 19.6. The molecule has 0 saturated carbocycles. The molecule has 10 nitrogen and oxygen atoms in total. The van der Waals surface area contributed by atoms with E-state index in [1.807, 2.05) is 54.3 Å². The van der Waals surface area contributed by atoms with Crippen LogP contribution < -0.4 is 9.47 Å². The zero-order chi connectivity index (χ0) is 33.9. The number of nitriles is 1. The zero-order valence-corrected chi connectivity index (χ0v) is 25.8. The lowest BCUT2D eigenvalue weighted by molar-refractivity contribution is -0.192. The Morgan fingerprint density at radius 2 is 1.72 bits per heavy atom. The van der Waals surface area contributed by atoms with E-state index in [9.17, 15) is 28.0 Å². The summed E-state index contributed by atoms with van der Waals surface area (Å²) in [4.78, 5) is 44.0. The van der Waals surface area contributed by atoms with Gasteiger partial charge in [-0.3, -0.25) is 14.6 Å². The highest BCUT2D eigenvalue weighted by molar-refractivity contribution is 5.99. The molecule has 3 aliphatic rings. The van der Waals surface area contributed by atoms with Gasteiger partial charge >= 0.3 is 12.1 Å². The van der Waals surface area contributed by atoms with Gasteiger partial charge in [0.1, 0.15) is 23.3 Å². The molecule has 3 aliphatic heterocycles. The van der Waals surface area contributed by atoms with Gasteiger partial charge in [0.2, 0.25) is 0 Å². The maximum Gasteiger partial charge on any atom is 0.490 e. The molecule has 4 heterocycles. The second-order valence-electron chi connectivity index (χ2n) is 11.7. The summed E-state index contributed by atoms with van der Waals surface area (Å²) in [5.74, 6) is -1.26. The summed E-state index contributed by atoms with van der Waals surface area (Å²) in [5.41, 5.74) is 3.03. The highest BCUT2D eigenvalue weighted by Gasteiger charge is 2.41. The second kappa shape index (κ2) is 13.3. The molecule has 47 heavy (non-hydrogen) atoms. The van der Waals surface area contributed by atoms with E-state index in [1.54, 1.807) is 24.3 Å². The summed E-state index contributed by atoms with van der Waals surface area (Å²) >= 11 is 0. The van der Waals surface area contributed by atoms with Crippen LogP contribution in [0, 0.1) is 18.3 Å². The van der Waals surface area contributed by atoms with Crippen molar-refractivity contribution in [3.8, 4) is 17.6 Å². The van der Waals surface area contributed by atoms with Gasteiger partial charge < -0.3 is 24.4 Å². The number of carbonyl (C=O) groups excluding carboxylic acids is 2. The summed E-state index contributed by atoms with van der Waals surface area (Å²) < 4.78 is 43.3. The third-order valence-corrected chi connectivity index (χ3v) is 8.98. The Bertz CT molecular complexity index is 1700. The van der Waals surface area contributed by atoms with E-state index in [2.05, 4.69) is 17.1 Å². The van der Waals surface area contributed by atoms with Crippen molar-refractivity contribution in [2.24, 2.45) is 0 Å². The number of aromatic nitrogens is 1. The van der Waals surface area contributed by atoms with Gasteiger partial charge in [-0.15, -0.1) is 0 Å². The Balaban J connectivity index is 0.000000559. The van der Waals surface area contributed by atoms with Crippen LogP contribution in [-0.2, 0) is 10.2 Å². The predicted octanol–water partition coefficient (Wildman–Crippen LogP) is 5.12. The smallest absolute Gasteiger partial charge is 0.490 e. The van der Waals surface area contributed by atoms with Gasteiger partial charge in [0.05, 0.1) is 25.1 Å². The number of methoxy groups -OCH3 is 1. The number of aliphatic carboxylic acids is 1. The zero-order valence-electron chi connectivity index (χ0n) is 25.8. The standard InChI is InChI=1S/C32H32N4O4.C2HF3O2/c1-21-18-34-27(31(38)35-14-11-32(20-33,12-15-35)22-6-4-3-5-7-22)17-26(21)30(37)36-13-10-25-24-9-8-23(39-2)16-28(24)40-29(25)19-36;3-2(4,5)1(6)7/h3-9,16-18,25,29H,10-15,19H2,1-2H3;(H,6,7). The fourth-order valence-corrected chi connectivity index (χ4v) is 6.31. The molecule has 13 heteroatoms. The Kier molecular flexibility index (Phi) is 9.42. The van der Waals surface area contributed by atoms with Crippen LogP contribution in [0.15, 0.2) is 60.8 Å². The molecular weight excluding hydrogens is 617 g/mol. The number of halogens is 3. The molecule has 2 fully saturated rings. The first kappa shape index (κ1) is 33.2. The number of pyridine rings is 1. The van der Waals surface area contributed by atoms with Gasteiger partial charge in [-0.2, -0.15) is 18.4 Å². The number of nitrogens with zero attached hydrogens (tertiary/aromatic N) is 4. The number of carboxylic acid groups (broad SMARTS) is 1. The summed E-state index contributed by atoms with van der Waals surface area (Å²) in [6.07, 6.45) is -1.67. The van der Waals surface area contributed by atoms with Crippen LogP contribution in [0.25, 0.3) is 0 Å². The van der Waals surface area contributed by atoms with Crippen molar-refractivity contribution in [1.82, 2.24) is 14.8 Å². The van der Waals surface area contributed by atoms with Crippen LogP contribution in [0.1, 0.15) is 62.7 Å². The highest BCUT2D eigenvalue weighted by atomic mass is 19.4. The molecule has 0 aliphatic carbocycles. The number of alkyl halides is 3. The van der Waals surface area contributed by atoms with E-state index in [0.717, 1.165) is 29.0 Å². The lowest BCUT2D eigenvalue weighted by atomic mass is 9.74. The Morgan fingerprint density at radius 1 is 1.04 bits per heavy atom. The number of amides is 2. The fraction of sp³-hybridized carbons (Fsp3) is 0.382. The van der Waals surface area contributed by atoms with Gasteiger partial charge in [0.15, 0.2) is 0 Å². The number of fused-ring (bicyclic) bond motifs is 3. The van der Waals surface area contributed by atoms with Gasteiger partial charge in [0, 0.05) is 48.9 Å². The van der Waals surface area contributed by atoms with Crippen LogP contribution in [-0.4, -0.2) is 83.2 Å². The molecule has 0 radical (unpaired) electrons. The van der Waals surface area contributed by atoms with Crippen LogP contribution in [0.5, 0.6) is 11.5 Å². The summed E-state index contributed by atoms with van der Waals surface area (Å²) in [5, 5.41) is 17.1. The Morgan fingerprint density at radius 3 is 2.34 bits per heavy atom. The number of hydrogen-bond donors (Lipinski definition) is 1. The van der Waals surface area contributed by atoms with Gasteiger partial charge in [-0.25, -0.2) is 4.79 Å². The molecule has 2 amide bonds. The first-order chi connectivity index (χ1) is 22.4. The topological polar surface area (TPSA) is 133 Å². The molecule has 2 atom stereocenters. The van der Waals surface area contributed by atoms with Crippen molar-refractivity contribution in [3.05, 3.63) is 88.7 Å². The molecule has 0 bridgehead atoms. The maximum absolute atomic E-state index is 13.7. The monoisotopic (exact) mass is 650 g/mol. The fourth-order valence-electron chi connectivity index (χ4n) is 6.31. The molecule has 3 aromatic rings. The maximum atomic E-state index is 13.7. The van der Waals surface area contributed by atoms with Gasteiger partial charge in [-0.05, 0) is 49.4 Å². The predicted molar refractivity (Wildman–Crippen MR) is 162 cm³/mol. The minimum atomic E-state index is -5.08. The molecule has 2 saturated heterocycles. The van der Waals surface area contributed by atoms with Crippen LogP contribution in [0.2, 0.25) is 0 Å². The molecule has 0 spiro atoms. The van der Waals surface area contributed by atoms with E-state index in [1.165, 1.54) is 5.56 Å². The molecule has 2 unspecified atom stereocenters. The van der Waals surface area contributed by atoms with E-state index in [-0.39, 0.29) is 29.5 Å². The summed E-state index contributed by atoms with van der Waals surface area (Å²) in [6.45, 7) is 3.85. The molecule has 6 rings (SSSR count). The van der Waals surface area contributed by atoms with E-state index in [4.69, 9.17) is 19.4 Å². The van der Waals surface area contributed by atoms with Crippen molar-refractivity contribution < 1.29 is 42.1 Å². The van der Waals surface area contributed by atoms with E-state index in [0.29, 0.717) is 44.6 Å². The summed E-state index contributed by atoms with van der Waals surface area (Å²) in [7, 11) is 1.63. The van der Waals surface area contributed by atoms with Crippen LogP contribution in [0.4, 0.5) is 13.2 Å². The Hall–Kier alpha value is -5.12. The molecule has 1 N–H and O–H groups in total. The SMILES string of the molecule is COc1ccc2c(c1)OC1CN(C(=O)c3cc(C(=O)N4CCC(C#N)(c5ccccc5)CC4)ncc3C)CCC21.O=C(O)C(F)(F)F. The quantitative estimate of drug-likeness (QED) is 0.412. The second-order valence-corrected chi connectivity index (χ2v) is 11.7. The largest absolute Gasteiger partial charge is 0.497 e. The first-order valence-corrected chi connectivity index (χ1v) is 15.0. The molecular formula is C34H33F3N4O6. The molecule has 246 valence electrons. The summed E-state index contributed by atoms with van der Waals surface area (Å²) in [6, 6.07) is 19.8. The number of hydrogen-bond acceptors (Lipinski definition) is 7. The number of ether oxygens (including phenoxy) is 2. The molecule has 2 aromatic carbocycles. The van der Waals surface area contributed by atoms with Crippen molar-refractivity contribution in [3.63, 3.8) is 0 Å². The number of piperidine rings is 2. The average Bonchev–Trinajstić information content (AvgIpc) is 3.45. The number of carboxylic acids is 1. The van der Waals surface area contributed by atoms with Gasteiger partial charge in [0.25, 0.3) is 11.8 Å².